The van der Waals surface area contributed by atoms with Crippen LogP contribution in [0.25, 0.3) is 0 Å². The van der Waals surface area contributed by atoms with E-state index in [1.807, 2.05) is 6.07 Å². The van der Waals surface area contributed by atoms with Crippen molar-refractivity contribution >= 4 is 0 Å². The standard InChI is InChI=1S/C21H32O2/c1-7-8-9-18(6)12-19-10-11-20(22-14-16(2)3)21(13-19)23-15-17(4)5/h10-11,13,16-18H,7,12,14-15H2,1-6H3. The smallest absolute Gasteiger partial charge is 0.161 e. The lowest BCUT2D eigenvalue weighted by Crippen LogP contribution is -2.09. The van der Waals surface area contributed by atoms with Crippen LogP contribution in [0.15, 0.2) is 18.2 Å². The van der Waals surface area contributed by atoms with Crippen LogP contribution < -0.4 is 9.47 Å². The third-order valence-corrected chi connectivity index (χ3v) is 3.22. The predicted octanol–water partition coefficient (Wildman–Crippen LogP) is 5.35. The Balaban J connectivity index is 2.86. The first-order valence-electron chi connectivity index (χ1n) is 8.79. The molecule has 0 aliphatic carbocycles. The summed E-state index contributed by atoms with van der Waals surface area (Å²) in [4.78, 5) is 0. The van der Waals surface area contributed by atoms with Gasteiger partial charge in [0.1, 0.15) is 0 Å². The second-order valence-corrected chi connectivity index (χ2v) is 6.97. The third kappa shape index (κ3) is 7.98. The van der Waals surface area contributed by atoms with E-state index in [9.17, 15) is 0 Å². The largest absolute Gasteiger partial charge is 0.489 e. The van der Waals surface area contributed by atoms with Gasteiger partial charge >= 0.3 is 0 Å². The van der Waals surface area contributed by atoms with Crippen LogP contribution in [0.5, 0.6) is 11.5 Å². The van der Waals surface area contributed by atoms with Crippen LogP contribution in [-0.4, -0.2) is 13.2 Å². The maximum absolute atomic E-state index is 5.97. The molecule has 0 saturated carbocycles. The van der Waals surface area contributed by atoms with E-state index in [2.05, 4.69) is 65.5 Å². The summed E-state index contributed by atoms with van der Waals surface area (Å²) in [5.74, 6) is 9.49. The van der Waals surface area contributed by atoms with Gasteiger partial charge in [-0.25, -0.2) is 0 Å². The zero-order valence-electron chi connectivity index (χ0n) is 15.6. The molecule has 0 saturated heterocycles. The Labute approximate surface area is 142 Å². The van der Waals surface area contributed by atoms with E-state index in [1.165, 1.54) is 5.56 Å². The fourth-order valence-corrected chi connectivity index (χ4v) is 2.11. The van der Waals surface area contributed by atoms with Gasteiger partial charge in [0.15, 0.2) is 11.5 Å². The van der Waals surface area contributed by atoms with Crippen LogP contribution in [0.2, 0.25) is 0 Å². The molecule has 23 heavy (non-hydrogen) atoms. The highest BCUT2D eigenvalue weighted by Gasteiger charge is 2.10. The van der Waals surface area contributed by atoms with E-state index in [-0.39, 0.29) is 0 Å². The second kappa shape index (κ2) is 10.2. The number of rotatable bonds is 8. The summed E-state index contributed by atoms with van der Waals surface area (Å²) in [6.45, 7) is 14.3. The van der Waals surface area contributed by atoms with Crippen LogP contribution in [0.3, 0.4) is 0 Å². The molecule has 0 spiro atoms. The molecule has 1 rings (SSSR count). The minimum Gasteiger partial charge on any atom is -0.489 e. The van der Waals surface area contributed by atoms with Crippen molar-refractivity contribution in [1.29, 1.82) is 0 Å². The lowest BCUT2D eigenvalue weighted by Gasteiger charge is -2.17. The number of ether oxygens (including phenoxy) is 2. The summed E-state index contributed by atoms with van der Waals surface area (Å²) in [6, 6.07) is 6.28. The fraction of sp³-hybridized carbons (Fsp3) is 0.619. The zero-order valence-corrected chi connectivity index (χ0v) is 15.6. The molecule has 0 N–H and O–H groups in total. The monoisotopic (exact) mass is 316 g/mol. The molecule has 0 aliphatic rings. The zero-order chi connectivity index (χ0) is 17.2. The number of hydrogen-bond acceptors (Lipinski definition) is 2. The van der Waals surface area contributed by atoms with Gasteiger partial charge in [-0.15, -0.1) is 5.92 Å². The van der Waals surface area contributed by atoms with Crippen molar-refractivity contribution in [1.82, 2.24) is 0 Å². The molecule has 1 atom stereocenters. The van der Waals surface area contributed by atoms with Crippen LogP contribution in [-0.2, 0) is 6.42 Å². The van der Waals surface area contributed by atoms with Gasteiger partial charge in [0.25, 0.3) is 0 Å². The molecular formula is C21H32O2. The lowest BCUT2D eigenvalue weighted by atomic mass is 10.0. The first-order valence-corrected chi connectivity index (χ1v) is 8.79. The highest BCUT2D eigenvalue weighted by molar-refractivity contribution is 5.43. The van der Waals surface area contributed by atoms with E-state index in [4.69, 9.17) is 9.47 Å². The summed E-state index contributed by atoms with van der Waals surface area (Å²) in [7, 11) is 0. The van der Waals surface area contributed by atoms with Crippen LogP contribution >= 0.6 is 0 Å². The predicted molar refractivity (Wildman–Crippen MR) is 98.0 cm³/mol. The molecule has 0 heterocycles. The fourth-order valence-electron chi connectivity index (χ4n) is 2.11. The van der Waals surface area contributed by atoms with Gasteiger partial charge in [0.2, 0.25) is 0 Å². The molecule has 0 bridgehead atoms. The van der Waals surface area contributed by atoms with E-state index in [0.717, 1.165) is 24.3 Å². The van der Waals surface area contributed by atoms with Crippen molar-refractivity contribution in [2.75, 3.05) is 13.2 Å². The highest BCUT2D eigenvalue weighted by Crippen LogP contribution is 2.30. The van der Waals surface area contributed by atoms with Crippen molar-refractivity contribution in [3.8, 4) is 23.3 Å². The quantitative estimate of drug-likeness (QED) is 0.602. The molecular weight excluding hydrogens is 284 g/mol. The second-order valence-electron chi connectivity index (χ2n) is 6.97. The minimum absolute atomic E-state index is 0.357. The summed E-state index contributed by atoms with van der Waals surface area (Å²) in [5.41, 5.74) is 1.25. The van der Waals surface area contributed by atoms with Crippen molar-refractivity contribution in [3.63, 3.8) is 0 Å². The first kappa shape index (κ1) is 19.4. The molecule has 1 aromatic carbocycles. The van der Waals surface area contributed by atoms with Gasteiger partial charge in [-0.1, -0.05) is 53.5 Å². The van der Waals surface area contributed by atoms with Gasteiger partial charge in [0, 0.05) is 12.3 Å². The highest BCUT2D eigenvalue weighted by atomic mass is 16.5. The molecule has 0 aliphatic heterocycles. The van der Waals surface area contributed by atoms with Crippen molar-refractivity contribution in [3.05, 3.63) is 23.8 Å². The maximum Gasteiger partial charge on any atom is 0.161 e. The number of benzene rings is 1. The first-order chi connectivity index (χ1) is 10.9. The average Bonchev–Trinajstić information content (AvgIpc) is 2.49. The third-order valence-electron chi connectivity index (χ3n) is 3.22. The molecule has 2 heteroatoms. The van der Waals surface area contributed by atoms with Gasteiger partial charge in [0.05, 0.1) is 13.2 Å². The van der Waals surface area contributed by atoms with Crippen LogP contribution in [0.4, 0.5) is 0 Å². The molecule has 128 valence electrons. The van der Waals surface area contributed by atoms with Gasteiger partial charge in [-0.05, 0) is 36.0 Å². The summed E-state index contributed by atoms with van der Waals surface area (Å²) >= 11 is 0. The molecule has 1 unspecified atom stereocenters. The molecule has 0 amide bonds. The van der Waals surface area contributed by atoms with Gasteiger partial charge in [-0.3, -0.25) is 0 Å². The molecule has 0 aromatic heterocycles. The van der Waals surface area contributed by atoms with E-state index < -0.39 is 0 Å². The van der Waals surface area contributed by atoms with Crippen LogP contribution in [0, 0.1) is 29.6 Å². The lowest BCUT2D eigenvalue weighted by molar-refractivity contribution is 0.229. The Hall–Kier alpha value is -1.62. The Kier molecular flexibility index (Phi) is 8.62. The Morgan fingerprint density at radius 1 is 0.913 bits per heavy atom. The van der Waals surface area contributed by atoms with Crippen molar-refractivity contribution < 1.29 is 9.47 Å². The normalized spacial score (nSPS) is 12.0. The molecule has 2 nitrogen and oxygen atoms in total. The van der Waals surface area contributed by atoms with E-state index >= 15 is 0 Å². The minimum atomic E-state index is 0.357. The van der Waals surface area contributed by atoms with Gasteiger partial charge in [-0.2, -0.15) is 0 Å². The van der Waals surface area contributed by atoms with Crippen molar-refractivity contribution in [2.24, 2.45) is 17.8 Å². The Morgan fingerprint density at radius 2 is 1.52 bits per heavy atom. The van der Waals surface area contributed by atoms with Crippen LogP contribution in [0.1, 0.15) is 53.5 Å². The topological polar surface area (TPSA) is 18.5 Å². The summed E-state index contributed by atoms with van der Waals surface area (Å²) in [5, 5.41) is 0. The summed E-state index contributed by atoms with van der Waals surface area (Å²) < 4.78 is 11.9. The molecule has 1 aromatic rings. The SMILES string of the molecule is CCC#CC(C)Cc1ccc(OCC(C)C)c(OCC(C)C)c1. The average molecular weight is 316 g/mol. The van der Waals surface area contributed by atoms with Gasteiger partial charge < -0.3 is 9.47 Å². The van der Waals surface area contributed by atoms with E-state index in [1.54, 1.807) is 0 Å². The molecule has 0 fully saturated rings. The molecule has 0 radical (unpaired) electrons. The van der Waals surface area contributed by atoms with Crippen molar-refractivity contribution in [2.45, 2.75) is 54.4 Å². The number of hydrogen-bond donors (Lipinski definition) is 0. The maximum atomic E-state index is 5.97. The Bertz CT molecular complexity index is 520. The Morgan fingerprint density at radius 3 is 2.09 bits per heavy atom. The summed E-state index contributed by atoms with van der Waals surface area (Å²) in [6.07, 6.45) is 1.85. The van der Waals surface area contributed by atoms with E-state index in [0.29, 0.717) is 31.0 Å².